The Hall–Kier alpha value is -3.12. The summed E-state index contributed by atoms with van der Waals surface area (Å²) in [4.78, 5) is 36.3. The average Bonchev–Trinajstić information content (AvgIpc) is 2.78. The smallest absolute Gasteiger partial charge is 0.269 e. The third kappa shape index (κ3) is 6.46. The van der Waals surface area contributed by atoms with Gasteiger partial charge in [-0.25, -0.2) is 0 Å². The lowest BCUT2D eigenvalue weighted by Gasteiger charge is -2.20. The molecule has 7 heteroatoms. The minimum absolute atomic E-state index is 0.0339. The van der Waals surface area contributed by atoms with Gasteiger partial charge in [0.2, 0.25) is 5.91 Å². The fraction of sp³-hybridized carbons (Fsp3) is 0.261. The Labute approximate surface area is 180 Å². The van der Waals surface area contributed by atoms with Gasteiger partial charge in [-0.05, 0) is 60.9 Å². The molecule has 0 saturated heterocycles. The summed E-state index contributed by atoms with van der Waals surface area (Å²) < 4.78 is 0. The van der Waals surface area contributed by atoms with Crippen molar-refractivity contribution in [2.45, 2.75) is 32.1 Å². The molecular weight excluding hydrogens is 402 g/mol. The van der Waals surface area contributed by atoms with E-state index < -0.39 is 11.8 Å². The SMILES string of the molecule is O=C(/C=C/c1ccc(Cl)cc1)NNC(=O)c1ccc(NC(=O)C2CCCCC2)cc1. The zero-order valence-electron chi connectivity index (χ0n) is 16.5. The molecule has 6 nitrogen and oxygen atoms in total. The highest BCUT2D eigenvalue weighted by Crippen LogP contribution is 2.25. The number of halogens is 1. The molecule has 0 bridgehead atoms. The van der Waals surface area contributed by atoms with Crippen LogP contribution >= 0.6 is 11.6 Å². The number of benzene rings is 2. The van der Waals surface area contributed by atoms with E-state index in [0.29, 0.717) is 16.3 Å². The Morgan fingerprint density at radius 2 is 1.53 bits per heavy atom. The second kappa shape index (κ2) is 10.6. The average molecular weight is 426 g/mol. The first-order chi connectivity index (χ1) is 14.5. The van der Waals surface area contributed by atoms with Crippen molar-refractivity contribution in [3.05, 3.63) is 70.8 Å². The molecular formula is C23H24ClN3O3. The fourth-order valence-corrected chi connectivity index (χ4v) is 3.42. The fourth-order valence-electron chi connectivity index (χ4n) is 3.29. The highest BCUT2D eigenvalue weighted by molar-refractivity contribution is 6.30. The van der Waals surface area contributed by atoms with E-state index in [1.807, 2.05) is 0 Å². The van der Waals surface area contributed by atoms with E-state index in [1.54, 1.807) is 54.6 Å². The van der Waals surface area contributed by atoms with Crippen molar-refractivity contribution in [1.29, 1.82) is 0 Å². The lowest BCUT2D eigenvalue weighted by Crippen LogP contribution is -2.40. The van der Waals surface area contributed by atoms with Gasteiger partial charge < -0.3 is 5.32 Å². The zero-order chi connectivity index (χ0) is 21.3. The maximum absolute atomic E-state index is 12.3. The Morgan fingerprint density at radius 3 is 2.20 bits per heavy atom. The summed E-state index contributed by atoms with van der Waals surface area (Å²) in [6.07, 6.45) is 8.17. The second-order valence-corrected chi connectivity index (χ2v) is 7.67. The van der Waals surface area contributed by atoms with Crippen molar-refractivity contribution < 1.29 is 14.4 Å². The highest BCUT2D eigenvalue weighted by atomic mass is 35.5. The summed E-state index contributed by atoms with van der Waals surface area (Å²) in [6, 6.07) is 13.6. The van der Waals surface area contributed by atoms with Crippen molar-refractivity contribution in [3.63, 3.8) is 0 Å². The molecule has 0 unspecified atom stereocenters. The van der Waals surface area contributed by atoms with E-state index in [-0.39, 0.29) is 11.8 Å². The molecule has 3 amide bonds. The second-order valence-electron chi connectivity index (χ2n) is 7.23. The van der Waals surface area contributed by atoms with Crippen LogP contribution in [0.2, 0.25) is 5.02 Å². The minimum Gasteiger partial charge on any atom is -0.326 e. The molecule has 156 valence electrons. The number of carbonyl (C=O) groups excluding carboxylic acids is 3. The summed E-state index contributed by atoms with van der Waals surface area (Å²) in [7, 11) is 0. The van der Waals surface area contributed by atoms with Gasteiger partial charge in [0.25, 0.3) is 11.8 Å². The molecule has 1 aliphatic rings. The molecule has 0 aromatic heterocycles. The van der Waals surface area contributed by atoms with Crippen LogP contribution in [0.3, 0.4) is 0 Å². The molecule has 1 aliphatic carbocycles. The lowest BCUT2D eigenvalue weighted by molar-refractivity contribution is -0.120. The van der Waals surface area contributed by atoms with Crippen molar-refractivity contribution in [2.75, 3.05) is 5.32 Å². The zero-order valence-corrected chi connectivity index (χ0v) is 17.2. The monoisotopic (exact) mass is 425 g/mol. The van der Waals surface area contributed by atoms with Crippen LogP contribution in [0.4, 0.5) is 5.69 Å². The van der Waals surface area contributed by atoms with Crippen LogP contribution in [0.15, 0.2) is 54.6 Å². The van der Waals surface area contributed by atoms with Gasteiger partial charge in [0.1, 0.15) is 0 Å². The third-order valence-electron chi connectivity index (χ3n) is 4.99. The number of carbonyl (C=O) groups is 3. The summed E-state index contributed by atoms with van der Waals surface area (Å²) in [5.74, 6) is -0.812. The first kappa shape index (κ1) is 21.6. The summed E-state index contributed by atoms with van der Waals surface area (Å²) in [5.41, 5.74) is 6.52. The number of rotatable bonds is 5. The van der Waals surface area contributed by atoms with Crippen molar-refractivity contribution >= 4 is 41.1 Å². The van der Waals surface area contributed by atoms with Gasteiger partial charge >= 0.3 is 0 Å². The molecule has 3 rings (SSSR count). The van der Waals surface area contributed by atoms with Crippen LogP contribution in [-0.4, -0.2) is 17.7 Å². The Balaban J connectivity index is 1.46. The van der Waals surface area contributed by atoms with Crippen molar-refractivity contribution in [3.8, 4) is 0 Å². The van der Waals surface area contributed by atoms with E-state index in [1.165, 1.54) is 12.5 Å². The molecule has 0 spiro atoms. The molecule has 0 heterocycles. The number of hydrogen-bond acceptors (Lipinski definition) is 3. The van der Waals surface area contributed by atoms with Crippen LogP contribution < -0.4 is 16.2 Å². The minimum atomic E-state index is -0.463. The van der Waals surface area contributed by atoms with Crippen LogP contribution in [0.25, 0.3) is 6.08 Å². The predicted molar refractivity (Wildman–Crippen MR) is 118 cm³/mol. The van der Waals surface area contributed by atoms with Crippen molar-refractivity contribution in [1.82, 2.24) is 10.9 Å². The van der Waals surface area contributed by atoms with Crippen LogP contribution in [-0.2, 0) is 9.59 Å². The summed E-state index contributed by atoms with van der Waals surface area (Å²) in [5, 5.41) is 3.52. The van der Waals surface area contributed by atoms with Gasteiger partial charge in [-0.1, -0.05) is 43.0 Å². The first-order valence-corrected chi connectivity index (χ1v) is 10.3. The molecule has 0 atom stereocenters. The maximum Gasteiger partial charge on any atom is 0.269 e. The summed E-state index contributed by atoms with van der Waals surface area (Å²) in [6.45, 7) is 0. The van der Waals surface area contributed by atoms with Gasteiger partial charge in [0.15, 0.2) is 0 Å². The molecule has 1 saturated carbocycles. The van der Waals surface area contributed by atoms with Gasteiger partial charge in [-0.3, -0.25) is 25.2 Å². The largest absolute Gasteiger partial charge is 0.326 e. The number of nitrogens with one attached hydrogen (secondary N) is 3. The van der Waals surface area contributed by atoms with Crippen LogP contribution in [0, 0.1) is 5.92 Å². The lowest BCUT2D eigenvalue weighted by atomic mass is 9.88. The molecule has 2 aromatic rings. The topological polar surface area (TPSA) is 87.3 Å². The normalized spacial score (nSPS) is 14.3. The van der Waals surface area contributed by atoms with Gasteiger partial charge in [0, 0.05) is 28.3 Å². The number of hydrazine groups is 1. The Bertz CT molecular complexity index is 918. The van der Waals surface area contributed by atoms with Crippen molar-refractivity contribution in [2.24, 2.45) is 5.92 Å². The number of anilines is 1. The van der Waals surface area contributed by atoms with E-state index >= 15 is 0 Å². The highest BCUT2D eigenvalue weighted by Gasteiger charge is 2.21. The van der Waals surface area contributed by atoms with E-state index in [0.717, 1.165) is 31.2 Å². The van der Waals surface area contributed by atoms with Gasteiger partial charge in [0.05, 0.1) is 0 Å². The van der Waals surface area contributed by atoms with Crippen LogP contribution in [0.1, 0.15) is 48.0 Å². The van der Waals surface area contributed by atoms with E-state index in [9.17, 15) is 14.4 Å². The van der Waals surface area contributed by atoms with Gasteiger partial charge in [-0.2, -0.15) is 0 Å². The molecule has 3 N–H and O–H groups in total. The molecule has 2 aromatic carbocycles. The standard InChI is InChI=1S/C23H24ClN3O3/c24-19-11-6-16(7-12-19)8-15-21(28)26-27-23(30)18-9-13-20(14-10-18)25-22(29)17-4-2-1-3-5-17/h6-15,17H,1-5H2,(H,25,29)(H,26,28)(H,27,30)/b15-8+. The van der Waals surface area contributed by atoms with E-state index in [4.69, 9.17) is 11.6 Å². The number of amides is 3. The maximum atomic E-state index is 12.3. The first-order valence-electron chi connectivity index (χ1n) is 9.96. The van der Waals surface area contributed by atoms with Crippen LogP contribution in [0.5, 0.6) is 0 Å². The molecule has 0 aliphatic heterocycles. The van der Waals surface area contributed by atoms with Gasteiger partial charge in [-0.15, -0.1) is 0 Å². The predicted octanol–water partition coefficient (Wildman–Crippen LogP) is 4.33. The third-order valence-corrected chi connectivity index (χ3v) is 5.24. The summed E-state index contributed by atoms with van der Waals surface area (Å²) >= 11 is 5.82. The molecule has 0 radical (unpaired) electrons. The quantitative estimate of drug-likeness (QED) is 0.492. The number of hydrogen-bond donors (Lipinski definition) is 3. The molecule has 30 heavy (non-hydrogen) atoms. The van der Waals surface area contributed by atoms with E-state index in [2.05, 4.69) is 16.2 Å². The Kier molecular flexibility index (Phi) is 7.63. The Morgan fingerprint density at radius 1 is 0.867 bits per heavy atom. The molecule has 1 fully saturated rings.